The average molecular weight is 242 g/mol. The van der Waals surface area contributed by atoms with Crippen LogP contribution in [-0.2, 0) is 9.09 Å². The second-order valence-electron chi connectivity index (χ2n) is 3.21. The number of aryl methyl sites for hydroxylation is 1. The Balaban J connectivity index is 3.03. The molecule has 0 heterocycles. The molecule has 6 heteroatoms. The van der Waals surface area contributed by atoms with Gasteiger partial charge < -0.3 is 10.6 Å². The van der Waals surface area contributed by atoms with Crippen LogP contribution in [0.5, 0.6) is 0 Å². The van der Waals surface area contributed by atoms with Gasteiger partial charge in [-0.25, -0.2) is 4.57 Å². The molecule has 1 atom stereocenters. The molecule has 5 nitrogen and oxygen atoms in total. The summed E-state index contributed by atoms with van der Waals surface area (Å²) in [5.74, 6) is 0.0115. The number of hydrogen-bond donors (Lipinski definition) is 2. The maximum absolute atomic E-state index is 11.4. The predicted octanol–water partition coefficient (Wildman–Crippen LogP) is 1.84. The Morgan fingerprint density at radius 3 is 2.75 bits per heavy atom. The molecule has 0 saturated heterocycles. The highest BCUT2D eigenvalue weighted by Crippen LogP contribution is 2.43. The normalized spacial score (nSPS) is 15.8. The second kappa shape index (κ2) is 5.25. The number of nitrogens with two attached hydrogens (primary N) is 1. The molecule has 16 heavy (non-hydrogen) atoms. The Hall–Kier alpha value is -1.16. The van der Waals surface area contributed by atoms with Crippen LogP contribution >= 0.6 is 7.75 Å². The zero-order valence-corrected chi connectivity index (χ0v) is 10.1. The van der Waals surface area contributed by atoms with Crippen molar-refractivity contribution in [3.8, 4) is 0 Å². The van der Waals surface area contributed by atoms with E-state index in [-0.39, 0.29) is 12.4 Å². The summed E-state index contributed by atoms with van der Waals surface area (Å²) in [4.78, 5) is 9.30. The molecule has 1 aromatic rings. The molecule has 1 rings (SSSR count). The highest BCUT2D eigenvalue weighted by atomic mass is 31.2. The lowest BCUT2D eigenvalue weighted by Crippen LogP contribution is -2.14. The maximum atomic E-state index is 11.4. The van der Waals surface area contributed by atoms with Gasteiger partial charge in [-0.2, -0.15) is 4.76 Å². The molecular formula is C10H15N2O3P. The summed E-state index contributed by atoms with van der Waals surface area (Å²) in [6, 6.07) is 7.22. The van der Waals surface area contributed by atoms with E-state index in [2.05, 4.69) is 9.29 Å². The molecule has 0 amide bonds. The first kappa shape index (κ1) is 12.9. The van der Waals surface area contributed by atoms with E-state index in [4.69, 9.17) is 5.73 Å². The van der Waals surface area contributed by atoms with Crippen LogP contribution in [0.25, 0.3) is 0 Å². The van der Waals surface area contributed by atoms with Crippen LogP contribution in [0.4, 0.5) is 0 Å². The van der Waals surface area contributed by atoms with Crippen molar-refractivity contribution in [3.05, 3.63) is 35.4 Å². The van der Waals surface area contributed by atoms with Crippen LogP contribution in [-0.4, -0.2) is 17.3 Å². The second-order valence-corrected chi connectivity index (χ2v) is 4.65. The van der Waals surface area contributed by atoms with Crippen LogP contribution < -0.4 is 5.73 Å². The van der Waals surface area contributed by atoms with E-state index >= 15 is 0 Å². The lowest BCUT2D eigenvalue weighted by molar-refractivity contribution is 0.275. The van der Waals surface area contributed by atoms with Gasteiger partial charge in [0, 0.05) is 5.56 Å². The largest absolute Gasteiger partial charge is 0.453 e. The van der Waals surface area contributed by atoms with E-state index < -0.39 is 7.75 Å². The van der Waals surface area contributed by atoms with Crippen LogP contribution in [0.3, 0.4) is 0 Å². The van der Waals surface area contributed by atoms with Crippen LogP contribution in [0.15, 0.2) is 29.0 Å². The SMILES string of the molecule is CCOP(=O)(O)N=C(N)c1ccccc1C. The number of nitrogens with zero attached hydrogens (tertiary/aromatic N) is 1. The summed E-state index contributed by atoms with van der Waals surface area (Å²) in [6.07, 6.45) is 0. The van der Waals surface area contributed by atoms with E-state index in [0.29, 0.717) is 5.56 Å². The summed E-state index contributed by atoms with van der Waals surface area (Å²) >= 11 is 0. The summed E-state index contributed by atoms with van der Waals surface area (Å²) in [5.41, 5.74) is 7.17. The van der Waals surface area contributed by atoms with Gasteiger partial charge in [0.1, 0.15) is 5.84 Å². The summed E-state index contributed by atoms with van der Waals surface area (Å²) in [7, 11) is -3.97. The van der Waals surface area contributed by atoms with Crippen molar-refractivity contribution in [2.75, 3.05) is 6.61 Å². The Labute approximate surface area is 94.6 Å². The van der Waals surface area contributed by atoms with Gasteiger partial charge in [0.05, 0.1) is 6.61 Å². The van der Waals surface area contributed by atoms with Crippen molar-refractivity contribution >= 4 is 13.6 Å². The topological polar surface area (TPSA) is 84.9 Å². The van der Waals surface area contributed by atoms with E-state index in [1.807, 2.05) is 19.1 Å². The Bertz CT molecular complexity index is 445. The van der Waals surface area contributed by atoms with Gasteiger partial charge in [-0.3, -0.25) is 4.52 Å². The molecule has 3 N–H and O–H groups in total. The lowest BCUT2D eigenvalue weighted by atomic mass is 10.1. The van der Waals surface area contributed by atoms with Gasteiger partial charge in [0.2, 0.25) is 0 Å². The number of hydrogen-bond acceptors (Lipinski definition) is 2. The smallest absolute Gasteiger partial charge is 0.383 e. The molecule has 0 aromatic heterocycles. The summed E-state index contributed by atoms with van der Waals surface area (Å²) < 4.78 is 19.5. The van der Waals surface area contributed by atoms with Crippen LogP contribution in [0.1, 0.15) is 18.1 Å². The van der Waals surface area contributed by atoms with Gasteiger partial charge in [-0.15, -0.1) is 0 Å². The molecule has 0 aliphatic carbocycles. The molecule has 0 radical (unpaired) electrons. The van der Waals surface area contributed by atoms with Crippen molar-refractivity contribution in [2.24, 2.45) is 10.5 Å². The van der Waals surface area contributed by atoms with Crippen LogP contribution in [0.2, 0.25) is 0 Å². The number of rotatable bonds is 4. The van der Waals surface area contributed by atoms with E-state index in [9.17, 15) is 9.46 Å². The third-order valence-electron chi connectivity index (χ3n) is 1.95. The minimum atomic E-state index is -3.97. The van der Waals surface area contributed by atoms with Gasteiger partial charge in [-0.1, -0.05) is 24.3 Å². The maximum Gasteiger partial charge on any atom is 0.453 e. The van der Waals surface area contributed by atoms with Crippen molar-refractivity contribution in [1.29, 1.82) is 0 Å². The fraction of sp³-hybridized carbons (Fsp3) is 0.300. The van der Waals surface area contributed by atoms with E-state index in [1.54, 1.807) is 19.1 Å². The zero-order chi connectivity index (χ0) is 12.2. The molecule has 0 fully saturated rings. The van der Waals surface area contributed by atoms with E-state index in [0.717, 1.165) is 5.56 Å². The molecule has 1 aromatic carbocycles. The minimum absolute atomic E-state index is 0.0115. The fourth-order valence-corrected chi connectivity index (χ4v) is 2.02. The summed E-state index contributed by atoms with van der Waals surface area (Å²) in [5, 5.41) is 0. The molecule has 0 aliphatic heterocycles. The highest BCUT2D eigenvalue weighted by molar-refractivity contribution is 7.51. The molecule has 0 aliphatic rings. The Kier molecular flexibility index (Phi) is 4.24. The molecule has 1 unspecified atom stereocenters. The molecule has 0 saturated carbocycles. The number of amidine groups is 1. The monoisotopic (exact) mass is 242 g/mol. The quantitative estimate of drug-likeness (QED) is 0.479. The van der Waals surface area contributed by atoms with Gasteiger partial charge in [0.25, 0.3) is 0 Å². The number of benzene rings is 1. The standard InChI is InChI=1S/C10H15N2O3P/c1-3-15-16(13,14)12-10(11)9-7-5-4-6-8(9)2/h4-7H,3H2,1-2H3,(H3,11,12,13,14). The lowest BCUT2D eigenvalue weighted by Gasteiger charge is -2.08. The first-order valence-corrected chi connectivity index (χ1v) is 6.38. The van der Waals surface area contributed by atoms with Gasteiger partial charge >= 0.3 is 7.75 Å². The van der Waals surface area contributed by atoms with Gasteiger partial charge in [-0.05, 0) is 19.4 Å². The van der Waals surface area contributed by atoms with Crippen molar-refractivity contribution < 1.29 is 14.0 Å². The fourth-order valence-electron chi connectivity index (χ4n) is 1.25. The van der Waals surface area contributed by atoms with E-state index in [1.165, 1.54) is 0 Å². The van der Waals surface area contributed by atoms with Gasteiger partial charge in [0.15, 0.2) is 0 Å². The van der Waals surface area contributed by atoms with Crippen molar-refractivity contribution in [1.82, 2.24) is 0 Å². The average Bonchev–Trinajstić information content (AvgIpc) is 2.17. The Morgan fingerprint density at radius 2 is 2.19 bits per heavy atom. The zero-order valence-electron chi connectivity index (χ0n) is 9.25. The summed E-state index contributed by atoms with van der Waals surface area (Å²) in [6.45, 7) is 3.57. The molecular weight excluding hydrogens is 227 g/mol. The predicted molar refractivity (Wildman–Crippen MR) is 63.4 cm³/mol. The van der Waals surface area contributed by atoms with Crippen LogP contribution in [0, 0.1) is 6.92 Å². The first-order valence-electron chi connectivity index (χ1n) is 4.85. The van der Waals surface area contributed by atoms with Crippen molar-refractivity contribution in [2.45, 2.75) is 13.8 Å². The molecule has 0 spiro atoms. The highest BCUT2D eigenvalue weighted by Gasteiger charge is 2.18. The third-order valence-corrected chi connectivity index (χ3v) is 3.02. The van der Waals surface area contributed by atoms with Crippen molar-refractivity contribution in [3.63, 3.8) is 0 Å². The molecule has 0 bridgehead atoms. The first-order chi connectivity index (χ1) is 7.46. The minimum Gasteiger partial charge on any atom is -0.383 e. The molecule has 88 valence electrons. The third kappa shape index (κ3) is 3.45. The Morgan fingerprint density at radius 1 is 1.56 bits per heavy atom.